The number of hydrogen-bond acceptors (Lipinski definition) is 7. The highest BCUT2D eigenvalue weighted by atomic mass is 32.2. The fourth-order valence-corrected chi connectivity index (χ4v) is 6.24. The number of methoxy groups -OCH3 is 1. The molecule has 0 atom stereocenters. The van der Waals surface area contributed by atoms with Gasteiger partial charge in [0.1, 0.15) is 10.6 Å². The van der Waals surface area contributed by atoms with Crippen LogP contribution >= 0.6 is 11.3 Å². The van der Waals surface area contributed by atoms with E-state index in [0.717, 1.165) is 42.5 Å². The van der Waals surface area contributed by atoms with Crippen LogP contribution in [-0.4, -0.2) is 51.4 Å². The zero-order valence-electron chi connectivity index (χ0n) is 19.2. The summed E-state index contributed by atoms with van der Waals surface area (Å²) in [6.07, 6.45) is 4.52. The van der Waals surface area contributed by atoms with Crippen molar-refractivity contribution in [3.63, 3.8) is 0 Å². The number of hydrogen-bond donors (Lipinski definition) is 1. The van der Waals surface area contributed by atoms with Crippen LogP contribution in [0.25, 0.3) is 0 Å². The first-order valence-corrected chi connectivity index (χ1v) is 13.3. The summed E-state index contributed by atoms with van der Waals surface area (Å²) in [5.74, 6) is -0.837. The Morgan fingerprint density at radius 1 is 1.15 bits per heavy atom. The minimum Gasteiger partial charge on any atom is -0.495 e. The molecule has 1 fully saturated rings. The van der Waals surface area contributed by atoms with Gasteiger partial charge in [0.2, 0.25) is 10.0 Å². The summed E-state index contributed by atoms with van der Waals surface area (Å²) in [7, 11) is -2.24. The molecule has 1 aromatic heterocycles. The lowest BCUT2D eigenvalue weighted by atomic mass is 10.1. The third-order valence-corrected chi connectivity index (χ3v) is 8.44. The summed E-state index contributed by atoms with van der Waals surface area (Å²) < 4.78 is 37.8. The smallest absolute Gasteiger partial charge is 0.348 e. The van der Waals surface area contributed by atoms with Crippen molar-refractivity contribution in [1.82, 2.24) is 4.31 Å². The number of nitrogens with zero attached hydrogens (tertiary/aromatic N) is 1. The number of sulfonamides is 1. The summed E-state index contributed by atoms with van der Waals surface area (Å²) in [4.78, 5) is 26.4. The minimum absolute atomic E-state index is 0.0787. The third-order valence-electron chi connectivity index (χ3n) is 5.47. The van der Waals surface area contributed by atoms with Gasteiger partial charge in [-0.1, -0.05) is 19.8 Å². The van der Waals surface area contributed by atoms with E-state index in [1.165, 1.54) is 41.0 Å². The molecule has 10 heteroatoms. The number of thiophene rings is 1. The van der Waals surface area contributed by atoms with Crippen molar-refractivity contribution in [2.75, 3.05) is 32.1 Å². The number of carbonyl (C=O) groups is 2. The topological polar surface area (TPSA) is 102 Å². The molecular formula is C23H30N2O6S2. The van der Waals surface area contributed by atoms with E-state index >= 15 is 0 Å². The van der Waals surface area contributed by atoms with Gasteiger partial charge in [0.05, 0.1) is 17.7 Å². The molecule has 2 heterocycles. The molecule has 1 amide bonds. The number of carbonyl (C=O) groups excluding carboxylic acids is 2. The highest BCUT2D eigenvalue weighted by Gasteiger charge is 2.27. The molecule has 1 aliphatic heterocycles. The minimum atomic E-state index is -3.67. The highest BCUT2D eigenvalue weighted by Crippen LogP contribution is 2.30. The second-order valence-electron chi connectivity index (χ2n) is 7.89. The number of esters is 1. The van der Waals surface area contributed by atoms with Crippen LogP contribution in [0.3, 0.4) is 0 Å². The Hall–Kier alpha value is -2.43. The molecule has 3 rings (SSSR count). The Bertz CT molecular complexity index is 1100. The standard InChI is InChI=1S/C23H30N2O6S2/c1-4-8-17-13-21(32-16(17)2)23(27)31-15-22(26)24-19-14-18(9-10-20(19)30-3)33(28,29)25-11-6-5-7-12-25/h9-10,13-14H,4-8,11-12,15H2,1-3H3,(H,24,26). The van der Waals surface area contributed by atoms with Gasteiger partial charge in [0.15, 0.2) is 6.61 Å². The van der Waals surface area contributed by atoms with E-state index in [9.17, 15) is 18.0 Å². The average molecular weight is 495 g/mol. The second kappa shape index (κ2) is 11.1. The Morgan fingerprint density at radius 3 is 2.55 bits per heavy atom. The van der Waals surface area contributed by atoms with Crippen LogP contribution in [0.1, 0.15) is 52.7 Å². The van der Waals surface area contributed by atoms with Crippen molar-refractivity contribution in [1.29, 1.82) is 0 Å². The number of amides is 1. The van der Waals surface area contributed by atoms with Gasteiger partial charge in [-0.2, -0.15) is 4.31 Å². The maximum Gasteiger partial charge on any atom is 0.348 e. The molecular weight excluding hydrogens is 464 g/mol. The number of nitrogens with one attached hydrogen (secondary N) is 1. The van der Waals surface area contributed by atoms with E-state index in [0.29, 0.717) is 23.7 Å². The second-order valence-corrected chi connectivity index (χ2v) is 11.1. The van der Waals surface area contributed by atoms with Gasteiger partial charge in [-0.3, -0.25) is 4.79 Å². The molecule has 1 saturated heterocycles. The summed E-state index contributed by atoms with van der Waals surface area (Å²) in [5.41, 5.74) is 1.31. The fraction of sp³-hybridized carbons (Fsp3) is 0.478. The van der Waals surface area contributed by atoms with Gasteiger partial charge in [-0.15, -0.1) is 11.3 Å². The zero-order valence-corrected chi connectivity index (χ0v) is 20.8. The first-order chi connectivity index (χ1) is 15.8. The molecule has 8 nitrogen and oxygen atoms in total. The number of piperidine rings is 1. The van der Waals surface area contributed by atoms with Crippen LogP contribution in [0.2, 0.25) is 0 Å². The van der Waals surface area contributed by atoms with Gasteiger partial charge in [0, 0.05) is 18.0 Å². The summed E-state index contributed by atoms with van der Waals surface area (Å²) in [5, 5.41) is 2.60. The molecule has 180 valence electrons. The van der Waals surface area contributed by atoms with Gasteiger partial charge >= 0.3 is 5.97 Å². The molecule has 1 N–H and O–H groups in total. The zero-order chi connectivity index (χ0) is 24.0. The predicted octanol–water partition coefficient (Wildman–Crippen LogP) is 3.99. The summed E-state index contributed by atoms with van der Waals surface area (Å²) in [6.45, 7) is 4.49. The fourth-order valence-electron chi connectivity index (χ4n) is 3.73. The average Bonchev–Trinajstić information content (AvgIpc) is 3.18. The van der Waals surface area contributed by atoms with Gasteiger partial charge in [0.25, 0.3) is 5.91 Å². The monoisotopic (exact) mass is 494 g/mol. The van der Waals surface area contributed by atoms with Crippen molar-refractivity contribution in [2.45, 2.75) is 50.8 Å². The van der Waals surface area contributed by atoms with E-state index in [-0.39, 0.29) is 10.6 Å². The van der Waals surface area contributed by atoms with Gasteiger partial charge < -0.3 is 14.8 Å². The number of rotatable bonds is 9. The highest BCUT2D eigenvalue weighted by molar-refractivity contribution is 7.89. The summed E-state index contributed by atoms with van der Waals surface area (Å²) >= 11 is 1.34. The lowest BCUT2D eigenvalue weighted by molar-refractivity contribution is -0.119. The van der Waals surface area contributed by atoms with E-state index in [1.54, 1.807) is 0 Å². The lowest BCUT2D eigenvalue weighted by Gasteiger charge is -2.26. The Kier molecular flexibility index (Phi) is 8.50. The van der Waals surface area contributed by atoms with Crippen LogP contribution in [0.4, 0.5) is 5.69 Å². The molecule has 0 saturated carbocycles. The van der Waals surface area contributed by atoms with Crippen LogP contribution in [0, 0.1) is 6.92 Å². The molecule has 0 unspecified atom stereocenters. The molecule has 1 aliphatic rings. The number of benzene rings is 1. The molecule has 0 radical (unpaired) electrons. The largest absolute Gasteiger partial charge is 0.495 e. The van der Waals surface area contributed by atoms with Crippen molar-refractivity contribution < 1.29 is 27.5 Å². The van der Waals surface area contributed by atoms with Crippen molar-refractivity contribution in [3.05, 3.63) is 39.6 Å². The first-order valence-electron chi connectivity index (χ1n) is 11.0. The van der Waals surface area contributed by atoms with E-state index < -0.39 is 28.5 Å². The van der Waals surface area contributed by atoms with Crippen LogP contribution < -0.4 is 10.1 Å². The molecule has 0 aliphatic carbocycles. The van der Waals surface area contributed by atoms with Crippen LogP contribution in [0.5, 0.6) is 5.75 Å². The van der Waals surface area contributed by atoms with Crippen LogP contribution in [0.15, 0.2) is 29.2 Å². The Labute approximate surface area is 198 Å². The van der Waals surface area contributed by atoms with Crippen molar-refractivity contribution in [2.24, 2.45) is 0 Å². The van der Waals surface area contributed by atoms with E-state index in [4.69, 9.17) is 9.47 Å². The predicted molar refractivity (Wildman–Crippen MR) is 128 cm³/mol. The van der Waals surface area contributed by atoms with Crippen molar-refractivity contribution >= 4 is 38.9 Å². The molecule has 0 spiro atoms. The quantitative estimate of drug-likeness (QED) is 0.529. The normalized spacial score (nSPS) is 14.6. The number of anilines is 1. The Balaban J connectivity index is 1.67. The third kappa shape index (κ3) is 6.13. The maximum absolute atomic E-state index is 13.0. The van der Waals surface area contributed by atoms with Gasteiger partial charge in [-0.25, -0.2) is 13.2 Å². The first kappa shape index (κ1) is 25.2. The number of aryl methyl sites for hydroxylation is 2. The van der Waals surface area contributed by atoms with E-state index in [2.05, 4.69) is 12.2 Å². The molecule has 2 aromatic rings. The Morgan fingerprint density at radius 2 is 1.88 bits per heavy atom. The lowest BCUT2D eigenvalue weighted by Crippen LogP contribution is -2.35. The van der Waals surface area contributed by atoms with Crippen LogP contribution in [-0.2, 0) is 26.0 Å². The van der Waals surface area contributed by atoms with Gasteiger partial charge in [-0.05, 0) is 56.0 Å². The molecule has 1 aromatic carbocycles. The maximum atomic E-state index is 13.0. The van der Waals surface area contributed by atoms with E-state index in [1.807, 2.05) is 13.0 Å². The SMILES string of the molecule is CCCc1cc(C(=O)OCC(=O)Nc2cc(S(=O)(=O)N3CCCCC3)ccc2OC)sc1C. The summed E-state index contributed by atoms with van der Waals surface area (Å²) in [6, 6.07) is 6.15. The molecule has 33 heavy (non-hydrogen) atoms. The van der Waals surface area contributed by atoms with Crippen molar-refractivity contribution in [3.8, 4) is 5.75 Å². The number of ether oxygens (including phenoxy) is 2. The molecule has 0 bridgehead atoms.